The molecule has 4 aliphatic rings. The standard InChI is InChI=1S/C28H38N3/c1-6-30-16-10-11-20-17-23-25(19-26(20)30)28(2,3)24-18-21(29(4)5)12-13-22(24)27(23)31-14-8-7-9-15-31/h12-13,17-19H,6-11,14-16H2,1-5H3/q+1. The largest absolute Gasteiger partial charge is 0.372 e. The number of nitrogens with zero attached hydrogens (tertiary/aromatic N) is 3. The molecule has 2 aliphatic carbocycles. The Morgan fingerprint density at radius 3 is 2.45 bits per heavy atom. The predicted octanol–water partition coefficient (Wildman–Crippen LogP) is 5.16. The topological polar surface area (TPSA) is 9.49 Å². The van der Waals surface area contributed by atoms with Crippen LogP contribution in [0.1, 0.15) is 63.1 Å². The molecule has 0 aromatic heterocycles. The normalized spacial score (nSPS) is 22.1. The number of fused-ring (bicyclic) bond motifs is 3. The minimum atomic E-state index is -0.0120. The van der Waals surface area contributed by atoms with Crippen molar-refractivity contribution in [3.8, 4) is 0 Å². The quantitative estimate of drug-likeness (QED) is 0.616. The second-order valence-corrected chi connectivity index (χ2v) is 10.4. The van der Waals surface area contributed by atoms with Gasteiger partial charge in [-0.15, -0.1) is 0 Å². The number of hydrogen-bond acceptors (Lipinski definition) is 2. The zero-order valence-electron chi connectivity index (χ0n) is 20.1. The van der Waals surface area contributed by atoms with Crippen molar-refractivity contribution >= 4 is 17.1 Å². The Morgan fingerprint density at radius 1 is 0.968 bits per heavy atom. The highest BCUT2D eigenvalue weighted by Gasteiger charge is 2.40. The SMILES string of the molecule is CCN1CCCc2cc3c(cc21)C(C)(C)C1=CC(=[N+](C)C)C=CC1=C3N1CCCCC1. The van der Waals surface area contributed by atoms with Gasteiger partial charge in [0.1, 0.15) is 14.1 Å². The van der Waals surface area contributed by atoms with Gasteiger partial charge in [-0.3, -0.25) is 0 Å². The van der Waals surface area contributed by atoms with Gasteiger partial charge in [0.25, 0.3) is 0 Å². The monoisotopic (exact) mass is 416 g/mol. The molecule has 5 rings (SSSR count). The van der Waals surface area contributed by atoms with Crippen LogP contribution in [0.5, 0.6) is 0 Å². The van der Waals surface area contributed by atoms with Gasteiger partial charge in [0.15, 0.2) is 5.71 Å². The minimum Gasteiger partial charge on any atom is -0.372 e. The Balaban J connectivity index is 1.78. The van der Waals surface area contributed by atoms with Gasteiger partial charge >= 0.3 is 0 Å². The molecule has 0 bridgehead atoms. The van der Waals surface area contributed by atoms with E-state index in [-0.39, 0.29) is 5.41 Å². The molecule has 0 radical (unpaired) electrons. The van der Waals surface area contributed by atoms with Crippen molar-refractivity contribution in [1.29, 1.82) is 0 Å². The van der Waals surface area contributed by atoms with Crippen molar-refractivity contribution in [2.45, 2.75) is 58.3 Å². The number of aryl methyl sites for hydroxylation is 1. The van der Waals surface area contributed by atoms with Crippen LogP contribution in [0, 0.1) is 0 Å². The number of rotatable bonds is 2. The summed E-state index contributed by atoms with van der Waals surface area (Å²) in [6.07, 6.45) is 13.6. The zero-order valence-corrected chi connectivity index (χ0v) is 20.1. The summed E-state index contributed by atoms with van der Waals surface area (Å²) in [5.41, 5.74) is 11.7. The van der Waals surface area contributed by atoms with E-state index >= 15 is 0 Å². The summed E-state index contributed by atoms with van der Waals surface area (Å²) < 4.78 is 2.23. The van der Waals surface area contributed by atoms with E-state index in [0.717, 1.165) is 6.54 Å². The van der Waals surface area contributed by atoms with Crippen molar-refractivity contribution < 1.29 is 4.58 Å². The predicted molar refractivity (Wildman–Crippen MR) is 132 cm³/mol. The zero-order chi connectivity index (χ0) is 21.8. The van der Waals surface area contributed by atoms with Gasteiger partial charge in [-0.2, -0.15) is 0 Å². The molecule has 2 aliphatic heterocycles. The van der Waals surface area contributed by atoms with Gasteiger partial charge in [0.05, 0.1) is 5.70 Å². The van der Waals surface area contributed by atoms with Crippen molar-refractivity contribution in [3.05, 3.63) is 58.2 Å². The van der Waals surface area contributed by atoms with Gasteiger partial charge in [-0.25, -0.2) is 4.58 Å². The van der Waals surface area contributed by atoms with Crippen LogP contribution in [0.15, 0.2) is 41.5 Å². The van der Waals surface area contributed by atoms with Crippen LogP contribution in [-0.2, 0) is 11.8 Å². The first-order valence-electron chi connectivity index (χ1n) is 12.3. The Bertz CT molecular complexity index is 1020. The van der Waals surface area contributed by atoms with Crippen molar-refractivity contribution in [1.82, 2.24) is 4.90 Å². The van der Waals surface area contributed by atoms with E-state index in [0.29, 0.717) is 0 Å². The van der Waals surface area contributed by atoms with Crippen LogP contribution >= 0.6 is 0 Å². The van der Waals surface area contributed by atoms with E-state index in [1.54, 1.807) is 5.56 Å². The molecule has 1 saturated heterocycles. The van der Waals surface area contributed by atoms with Crippen molar-refractivity contribution in [2.24, 2.45) is 0 Å². The maximum absolute atomic E-state index is 2.69. The first kappa shape index (κ1) is 20.6. The number of piperidine rings is 1. The third-order valence-electron chi connectivity index (χ3n) is 7.86. The summed E-state index contributed by atoms with van der Waals surface area (Å²) in [4.78, 5) is 5.28. The molecule has 1 aromatic rings. The van der Waals surface area contributed by atoms with Crippen LogP contribution in [-0.4, -0.2) is 55.5 Å². The summed E-state index contributed by atoms with van der Waals surface area (Å²) in [6.45, 7) is 11.8. The number of benzene rings is 1. The third kappa shape index (κ3) is 3.28. The maximum Gasteiger partial charge on any atom is 0.199 e. The van der Waals surface area contributed by atoms with E-state index in [4.69, 9.17) is 0 Å². The second-order valence-electron chi connectivity index (χ2n) is 10.4. The summed E-state index contributed by atoms with van der Waals surface area (Å²) in [5, 5.41) is 0. The number of allylic oxidation sites excluding steroid dienone is 5. The van der Waals surface area contributed by atoms with Gasteiger partial charge < -0.3 is 9.80 Å². The molecule has 0 saturated carbocycles. The molecule has 2 heterocycles. The molecule has 1 fully saturated rings. The average Bonchev–Trinajstić information content (AvgIpc) is 2.78. The van der Waals surface area contributed by atoms with E-state index in [9.17, 15) is 0 Å². The first-order chi connectivity index (χ1) is 14.9. The fourth-order valence-electron chi connectivity index (χ4n) is 6.03. The highest BCUT2D eigenvalue weighted by molar-refractivity contribution is 6.05. The lowest BCUT2D eigenvalue weighted by Crippen LogP contribution is -2.37. The first-order valence-corrected chi connectivity index (χ1v) is 12.3. The molecule has 0 atom stereocenters. The lowest BCUT2D eigenvalue weighted by atomic mass is 9.65. The smallest absolute Gasteiger partial charge is 0.199 e. The Hall–Kier alpha value is -2.29. The Kier molecular flexibility index (Phi) is 5.11. The summed E-state index contributed by atoms with van der Waals surface area (Å²) in [5.74, 6) is 0. The van der Waals surface area contributed by atoms with E-state index in [2.05, 4.69) is 79.6 Å². The molecular weight excluding hydrogens is 378 g/mol. The lowest BCUT2D eigenvalue weighted by Gasteiger charge is -2.44. The molecule has 0 unspecified atom stereocenters. The lowest BCUT2D eigenvalue weighted by molar-refractivity contribution is -0.462. The summed E-state index contributed by atoms with van der Waals surface area (Å²) >= 11 is 0. The van der Waals surface area contributed by atoms with Crippen molar-refractivity contribution in [3.63, 3.8) is 0 Å². The maximum atomic E-state index is 2.69. The molecule has 0 spiro atoms. The van der Waals surface area contributed by atoms with Gasteiger partial charge in [0.2, 0.25) is 0 Å². The van der Waals surface area contributed by atoms with E-state index in [1.807, 2.05) is 0 Å². The fourth-order valence-corrected chi connectivity index (χ4v) is 6.03. The Morgan fingerprint density at radius 2 is 1.74 bits per heavy atom. The van der Waals surface area contributed by atoms with Gasteiger partial charge in [0, 0.05) is 60.6 Å². The molecule has 164 valence electrons. The number of likely N-dealkylation sites (tertiary alicyclic amines) is 1. The second kappa shape index (κ2) is 7.69. The molecule has 3 nitrogen and oxygen atoms in total. The molecule has 0 N–H and O–H groups in total. The molecule has 0 amide bonds. The minimum absolute atomic E-state index is 0.0120. The summed E-state index contributed by atoms with van der Waals surface area (Å²) in [7, 11) is 4.30. The van der Waals surface area contributed by atoms with Gasteiger partial charge in [-0.1, -0.05) is 13.8 Å². The average molecular weight is 417 g/mol. The molecule has 31 heavy (non-hydrogen) atoms. The van der Waals surface area contributed by atoms with Gasteiger partial charge in [-0.05, 0) is 73.9 Å². The number of anilines is 1. The molecular formula is C28H38N3+. The molecule has 1 aromatic carbocycles. The third-order valence-corrected chi connectivity index (χ3v) is 7.86. The number of hydrogen-bond donors (Lipinski definition) is 0. The van der Waals surface area contributed by atoms with Crippen LogP contribution in [0.2, 0.25) is 0 Å². The molecule has 3 heteroatoms. The van der Waals surface area contributed by atoms with E-state index < -0.39 is 0 Å². The highest BCUT2D eigenvalue weighted by atomic mass is 15.1. The van der Waals surface area contributed by atoms with Crippen LogP contribution in [0.4, 0.5) is 5.69 Å². The summed E-state index contributed by atoms with van der Waals surface area (Å²) in [6, 6.07) is 5.13. The Labute approximate surface area is 188 Å². The van der Waals surface area contributed by atoms with E-state index in [1.165, 1.54) is 91.1 Å². The van der Waals surface area contributed by atoms with Crippen LogP contribution in [0.3, 0.4) is 0 Å². The van der Waals surface area contributed by atoms with Crippen LogP contribution < -0.4 is 4.90 Å². The highest BCUT2D eigenvalue weighted by Crippen LogP contribution is 2.51. The van der Waals surface area contributed by atoms with Crippen molar-refractivity contribution in [2.75, 3.05) is 45.2 Å². The fraction of sp³-hybridized carbons (Fsp3) is 0.536. The van der Waals surface area contributed by atoms with Crippen LogP contribution in [0.25, 0.3) is 5.70 Å².